The standard InChI is InChI=1S/C15H23NO3S/c1-11(10-20(3,17)18)16-14-6-4-12-5-7-15(19-2)9-13(12)8-14/h5,7,9,11,14,16H,4,6,8,10H2,1-3H3. The van der Waals surface area contributed by atoms with Crippen LogP contribution in [0.15, 0.2) is 18.2 Å². The summed E-state index contributed by atoms with van der Waals surface area (Å²) >= 11 is 0. The van der Waals surface area contributed by atoms with Gasteiger partial charge in [-0.1, -0.05) is 6.07 Å². The van der Waals surface area contributed by atoms with Gasteiger partial charge >= 0.3 is 0 Å². The molecule has 2 unspecified atom stereocenters. The molecule has 2 rings (SSSR count). The van der Waals surface area contributed by atoms with E-state index >= 15 is 0 Å². The van der Waals surface area contributed by atoms with Gasteiger partial charge in [0.05, 0.1) is 12.9 Å². The minimum absolute atomic E-state index is 0.0119. The van der Waals surface area contributed by atoms with Crippen LogP contribution in [0, 0.1) is 0 Å². The third kappa shape index (κ3) is 4.21. The number of hydrogen-bond acceptors (Lipinski definition) is 4. The molecular formula is C15H23NO3S. The Bertz CT molecular complexity index is 568. The third-order valence-corrected chi connectivity index (χ3v) is 4.82. The molecule has 0 saturated carbocycles. The van der Waals surface area contributed by atoms with Crippen LogP contribution in [-0.4, -0.2) is 39.6 Å². The molecule has 0 spiro atoms. The van der Waals surface area contributed by atoms with Gasteiger partial charge in [0.15, 0.2) is 0 Å². The Hall–Kier alpha value is -1.07. The highest BCUT2D eigenvalue weighted by Gasteiger charge is 2.21. The van der Waals surface area contributed by atoms with Crippen LogP contribution in [0.2, 0.25) is 0 Å². The van der Waals surface area contributed by atoms with Crippen LogP contribution in [-0.2, 0) is 22.7 Å². The fourth-order valence-corrected chi connectivity index (χ4v) is 3.91. The van der Waals surface area contributed by atoms with Gasteiger partial charge in [-0.05, 0) is 49.4 Å². The number of hydrogen-bond donors (Lipinski definition) is 1. The van der Waals surface area contributed by atoms with Crippen LogP contribution in [0.5, 0.6) is 5.75 Å². The third-order valence-electron chi connectivity index (χ3n) is 3.71. The monoisotopic (exact) mass is 297 g/mol. The molecule has 2 atom stereocenters. The first-order valence-electron chi connectivity index (χ1n) is 6.97. The van der Waals surface area contributed by atoms with Crippen molar-refractivity contribution in [3.05, 3.63) is 29.3 Å². The van der Waals surface area contributed by atoms with Gasteiger partial charge in [0.25, 0.3) is 0 Å². The Balaban J connectivity index is 2.00. The van der Waals surface area contributed by atoms with E-state index in [4.69, 9.17) is 4.74 Å². The van der Waals surface area contributed by atoms with Crippen molar-refractivity contribution in [1.29, 1.82) is 0 Å². The summed E-state index contributed by atoms with van der Waals surface area (Å²) in [4.78, 5) is 0. The van der Waals surface area contributed by atoms with Crippen LogP contribution in [0.4, 0.5) is 0 Å². The maximum Gasteiger partial charge on any atom is 0.148 e. The lowest BCUT2D eigenvalue weighted by Crippen LogP contribution is -2.43. The van der Waals surface area contributed by atoms with Crippen molar-refractivity contribution in [2.45, 2.75) is 38.3 Å². The number of aryl methyl sites for hydroxylation is 1. The topological polar surface area (TPSA) is 55.4 Å². The molecule has 1 N–H and O–H groups in total. The fraction of sp³-hybridized carbons (Fsp3) is 0.600. The maximum atomic E-state index is 11.3. The SMILES string of the molecule is COc1ccc2c(c1)CC(NC(C)CS(C)(=O)=O)CC2. The Kier molecular flexibility index (Phi) is 4.70. The molecule has 1 aromatic rings. The van der Waals surface area contributed by atoms with Gasteiger partial charge in [-0.3, -0.25) is 0 Å². The maximum absolute atomic E-state index is 11.3. The molecular weight excluding hydrogens is 274 g/mol. The molecule has 1 aliphatic carbocycles. The van der Waals surface area contributed by atoms with Crippen molar-refractivity contribution in [3.8, 4) is 5.75 Å². The number of rotatable bonds is 5. The predicted octanol–water partition coefficient (Wildman–Crippen LogP) is 1.58. The normalized spacial score (nSPS) is 20.2. The minimum Gasteiger partial charge on any atom is -0.497 e. The van der Waals surface area contributed by atoms with E-state index in [1.54, 1.807) is 7.11 Å². The first kappa shape index (κ1) is 15.3. The van der Waals surface area contributed by atoms with Crippen LogP contribution in [0.1, 0.15) is 24.5 Å². The zero-order chi connectivity index (χ0) is 14.8. The lowest BCUT2D eigenvalue weighted by atomic mass is 9.88. The lowest BCUT2D eigenvalue weighted by Gasteiger charge is -2.28. The molecule has 4 nitrogen and oxygen atoms in total. The molecule has 0 bridgehead atoms. The smallest absolute Gasteiger partial charge is 0.148 e. The Labute approximate surface area is 121 Å². The number of benzene rings is 1. The molecule has 5 heteroatoms. The van der Waals surface area contributed by atoms with Gasteiger partial charge in [-0.15, -0.1) is 0 Å². The van der Waals surface area contributed by atoms with E-state index in [-0.39, 0.29) is 11.8 Å². The molecule has 0 radical (unpaired) electrons. The summed E-state index contributed by atoms with van der Waals surface area (Å²) in [6.45, 7) is 1.93. The van der Waals surface area contributed by atoms with Crippen molar-refractivity contribution >= 4 is 9.84 Å². The van der Waals surface area contributed by atoms with Gasteiger partial charge in [-0.25, -0.2) is 8.42 Å². The van der Waals surface area contributed by atoms with Crippen LogP contribution in [0.25, 0.3) is 0 Å². The molecule has 0 amide bonds. The van der Waals surface area contributed by atoms with E-state index in [0.717, 1.165) is 25.0 Å². The van der Waals surface area contributed by atoms with Gasteiger partial charge in [-0.2, -0.15) is 0 Å². The van der Waals surface area contributed by atoms with Crippen LogP contribution < -0.4 is 10.1 Å². The minimum atomic E-state index is -2.93. The zero-order valence-electron chi connectivity index (χ0n) is 12.3. The number of sulfone groups is 1. The predicted molar refractivity (Wildman–Crippen MR) is 81.1 cm³/mol. The quantitative estimate of drug-likeness (QED) is 0.896. The van der Waals surface area contributed by atoms with E-state index in [1.807, 2.05) is 13.0 Å². The molecule has 1 aliphatic rings. The van der Waals surface area contributed by atoms with Crippen molar-refractivity contribution in [1.82, 2.24) is 5.32 Å². The summed E-state index contributed by atoms with van der Waals surface area (Å²) in [5.74, 6) is 1.07. The second-order valence-electron chi connectivity index (χ2n) is 5.73. The summed E-state index contributed by atoms with van der Waals surface area (Å²) in [5, 5.41) is 3.43. The highest BCUT2D eigenvalue weighted by Crippen LogP contribution is 2.25. The molecule has 0 saturated heterocycles. The summed E-state index contributed by atoms with van der Waals surface area (Å²) in [7, 11) is -1.25. The molecule has 0 heterocycles. The molecule has 1 aromatic carbocycles. The van der Waals surface area contributed by atoms with Gasteiger partial charge in [0.1, 0.15) is 15.6 Å². The number of methoxy groups -OCH3 is 1. The molecule has 0 aliphatic heterocycles. The van der Waals surface area contributed by atoms with E-state index in [2.05, 4.69) is 17.4 Å². The van der Waals surface area contributed by atoms with Gasteiger partial charge in [0, 0.05) is 18.3 Å². The average molecular weight is 297 g/mol. The van der Waals surface area contributed by atoms with Crippen molar-refractivity contribution in [2.75, 3.05) is 19.1 Å². The second-order valence-corrected chi connectivity index (χ2v) is 7.92. The molecule has 0 fully saturated rings. The fourth-order valence-electron chi connectivity index (χ4n) is 2.91. The van der Waals surface area contributed by atoms with E-state index < -0.39 is 9.84 Å². The summed E-state index contributed by atoms with van der Waals surface area (Å²) < 4.78 is 27.9. The first-order chi connectivity index (χ1) is 9.37. The average Bonchev–Trinajstić information content (AvgIpc) is 2.35. The summed E-state index contributed by atoms with van der Waals surface area (Å²) in [6, 6.07) is 6.54. The summed E-state index contributed by atoms with van der Waals surface area (Å²) in [5.41, 5.74) is 2.68. The van der Waals surface area contributed by atoms with Crippen molar-refractivity contribution in [3.63, 3.8) is 0 Å². The van der Waals surface area contributed by atoms with Crippen LogP contribution in [0.3, 0.4) is 0 Å². The van der Waals surface area contributed by atoms with Crippen molar-refractivity contribution in [2.24, 2.45) is 0 Å². The zero-order valence-corrected chi connectivity index (χ0v) is 13.2. The Morgan fingerprint density at radius 1 is 1.40 bits per heavy atom. The number of fused-ring (bicyclic) bond motifs is 1. The Morgan fingerprint density at radius 3 is 2.80 bits per heavy atom. The lowest BCUT2D eigenvalue weighted by molar-refractivity contribution is 0.406. The highest BCUT2D eigenvalue weighted by molar-refractivity contribution is 7.90. The number of ether oxygens (including phenoxy) is 1. The second kappa shape index (κ2) is 6.14. The first-order valence-corrected chi connectivity index (χ1v) is 9.03. The van der Waals surface area contributed by atoms with E-state index in [0.29, 0.717) is 6.04 Å². The highest BCUT2D eigenvalue weighted by atomic mass is 32.2. The summed E-state index contributed by atoms with van der Waals surface area (Å²) in [6.07, 6.45) is 4.29. The van der Waals surface area contributed by atoms with E-state index in [1.165, 1.54) is 17.4 Å². The van der Waals surface area contributed by atoms with E-state index in [9.17, 15) is 8.42 Å². The largest absolute Gasteiger partial charge is 0.497 e. The van der Waals surface area contributed by atoms with Crippen LogP contribution >= 0.6 is 0 Å². The molecule has 0 aromatic heterocycles. The van der Waals surface area contributed by atoms with Crippen molar-refractivity contribution < 1.29 is 13.2 Å². The van der Waals surface area contributed by atoms with Gasteiger partial charge in [0.2, 0.25) is 0 Å². The number of nitrogens with one attached hydrogen (secondary N) is 1. The van der Waals surface area contributed by atoms with Gasteiger partial charge < -0.3 is 10.1 Å². The Morgan fingerprint density at radius 2 is 2.15 bits per heavy atom. The molecule has 112 valence electrons. The molecule has 20 heavy (non-hydrogen) atoms.